The number of carbonyl (C=O) groups is 2. The van der Waals surface area contributed by atoms with Crippen molar-refractivity contribution in [3.63, 3.8) is 0 Å². The minimum atomic E-state index is -0.189. The summed E-state index contributed by atoms with van der Waals surface area (Å²) in [5.74, 6) is 0.196. The zero-order valence-corrected chi connectivity index (χ0v) is 11.2. The molecular weight excluding hydrogens is 214 g/mol. The van der Waals surface area contributed by atoms with Crippen LogP contribution in [0, 0.1) is 0 Å². The number of carbonyl (C=O) groups excluding carboxylic acids is 2. The zero-order valence-electron chi connectivity index (χ0n) is 11.2. The van der Waals surface area contributed by atoms with E-state index in [9.17, 15) is 9.59 Å². The van der Waals surface area contributed by atoms with Gasteiger partial charge in [-0.05, 0) is 12.8 Å². The molecule has 17 heavy (non-hydrogen) atoms. The van der Waals surface area contributed by atoms with Gasteiger partial charge in [0.05, 0.1) is 0 Å². The molecule has 0 aliphatic carbocycles. The van der Waals surface area contributed by atoms with Gasteiger partial charge < -0.3 is 5.73 Å². The highest BCUT2D eigenvalue weighted by Gasteiger charge is 1.98. The van der Waals surface area contributed by atoms with Gasteiger partial charge in [-0.2, -0.15) is 0 Å². The van der Waals surface area contributed by atoms with Crippen LogP contribution in [0.15, 0.2) is 0 Å². The van der Waals surface area contributed by atoms with Crippen LogP contribution in [0.4, 0.5) is 0 Å². The molecule has 2 N–H and O–H groups in total. The quantitative estimate of drug-likeness (QED) is 0.533. The first-order chi connectivity index (χ1) is 8.16. The molecule has 0 aromatic heterocycles. The average molecular weight is 241 g/mol. The van der Waals surface area contributed by atoms with Crippen LogP contribution in [-0.2, 0) is 9.59 Å². The number of amides is 1. The van der Waals surface area contributed by atoms with Crippen LogP contribution >= 0.6 is 0 Å². The van der Waals surface area contributed by atoms with Crippen molar-refractivity contribution in [1.82, 2.24) is 0 Å². The summed E-state index contributed by atoms with van der Waals surface area (Å²) in [5.41, 5.74) is 5.06. The minimum absolute atomic E-state index is 0.189. The standard InChI is InChI=1S/C14H27NO2/c1-2-13(16)11-9-7-5-3-4-6-8-10-12-14(15)17/h2-12H2,1H3,(H2,15,17). The SMILES string of the molecule is CCC(=O)CCCCCCCCCCC(N)=O. The molecule has 100 valence electrons. The van der Waals surface area contributed by atoms with Gasteiger partial charge in [-0.3, -0.25) is 9.59 Å². The summed E-state index contributed by atoms with van der Waals surface area (Å²) in [7, 11) is 0. The molecule has 1 amide bonds. The minimum Gasteiger partial charge on any atom is -0.370 e. The van der Waals surface area contributed by atoms with E-state index >= 15 is 0 Å². The molecule has 0 radical (unpaired) electrons. The number of rotatable bonds is 12. The highest BCUT2D eigenvalue weighted by molar-refractivity contribution is 5.77. The fraction of sp³-hybridized carbons (Fsp3) is 0.857. The van der Waals surface area contributed by atoms with Gasteiger partial charge in [0.2, 0.25) is 5.91 Å². The maximum absolute atomic E-state index is 11.0. The first kappa shape index (κ1) is 16.1. The third kappa shape index (κ3) is 13.1. The third-order valence-corrected chi connectivity index (χ3v) is 3.02. The van der Waals surface area contributed by atoms with Crippen LogP contribution in [0.3, 0.4) is 0 Å². The van der Waals surface area contributed by atoms with Gasteiger partial charge in [-0.1, -0.05) is 45.4 Å². The normalized spacial score (nSPS) is 10.4. The van der Waals surface area contributed by atoms with Crippen LogP contribution < -0.4 is 5.73 Å². The molecule has 0 unspecified atom stereocenters. The van der Waals surface area contributed by atoms with Crippen LogP contribution in [0.5, 0.6) is 0 Å². The Morgan fingerprint density at radius 3 is 1.59 bits per heavy atom. The molecule has 0 saturated heterocycles. The maximum atomic E-state index is 11.0. The topological polar surface area (TPSA) is 60.2 Å². The predicted molar refractivity (Wildman–Crippen MR) is 70.7 cm³/mol. The average Bonchev–Trinajstić information content (AvgIpc) is 2.30. The molecule has 0 fully saturated rings. The summed E-state index contributed by atoms with van der Waals surface area (Å²) in [6, 6.07) is 0. The van der Waals surface area contributed by atoms with E-state index in [1.807, 2.05) is 6.92 Å². The Balaban J connectivity index is 3.03. The van der Waals surface area contributed by atoms with Crippen molar-refractivity contribution in [2.75, 3.05) is 0 Å². The van der Waals surface area contributed by atoms with Crippen molar-refractivity contribution in [2.45, 2.75) is 77.6 Å². The lowest BCUT2D eigenvalue weighted by Crippen LogP contribution is -2.09. The molecule has 3 nitrogen and oxygen atoms in total. The molecule has 0 aliphatic heterocycles. The summed E-state index contributed by atoms with van der Waals surface area (Å²) < 4.78 is 0. The number of Topliss-reactive ketones (excluding diaryl/α,β-unsaturated/α-hetero) is 1. The van der Waals surface area contributed by atoms with E-state index < -0.39 is 0 Å². The van der Waals surface area contributed by atoms with Crippen molar-refractivity contribution < 1.29 is 9.59 Å². The molecular formula is C14H27NO2. The number of primary amides is 1. The Kier molecular flexibility index (Phi) is 11.0. The number of hydrogen-bond donors (Lipinski definition) is 1. The number of unbranched alkanes of at least 4 members (excludes halogenated alkanes) is 7. The summed E-state index contributed by atoms with van der Waals surface area (Å²) in [6.07, 6.45) is 11.1. The van der Waals surface area contributed by atoms with E-state index in [1.54, 1.807) is 0 Å². The van der Waals surface area contributed by atoms with Crippen LogP contribution in [0.25, 0.3) is 0 Å². The smallest absolute Gasteiger partial charge is 0.217 e. The van der Waals surface area contributed by atoms with E-state index in [1.165, 1.54) is 32.1 Å². The Morgan fingerprint density at radius 2 is 1.18 bits per heavy atom. The summed E-state index contributed by atoms with van der Waals surface area (Å²) >= 11 is 0. The third-order valence-electron chi connectivity index (χ3n) is 3.02. The van der Waals surface area contributed by atoms with Crippen molar-refractivity contribution in [2.24, 2.45) is 5.73 Å². The monoisotopic (exact) mass is 241 g/mol. The van der Waals surface area contributed by atoms with Crippen LogP contribution in [0.2, 0.25) is 0 Å². The van der Waals surface area contributed by atoms with Crippen LogP contribution in [-0.4, -0.2) is 11.7 Å². The number of hydrogen-bond acceptors (Lipinski definition) is 2. The molecule has 0 aromatic rings. The first-order valence-corrected chi connectivity index (χ1v) is 6.96. The second-order valence-corrected chi connectivity index (χ2v) is 4.69. The van der Waals surface area contributed by atoms with Crippen molar-refractivity contribution in [3.8, 4) is 0 Å². The van der Waals surface area contributed by atoms with Gasteiger partial charge in [0.25, 0.3) is 0 Å². The van der Waals surface area contributed by atoms with Crippen molar-refractivity contribution in [1.29, 1.82) is 0 Å². The van der Waals surface area contributed by atoms with E-state index in [2.05, 4.69) is 0 Å². The second kappa shape index (κ2) is 11.6. The lowest BCUT2D eigenvalue weighted by Gasteiger charge is -2.01. The van der Waals surface area contributed by atoms with Gasteiger partial charge in [0.1, 0.15) is 5.78 Å². The highest BCUT2D eigenvalue weighted by Crippen LogP contribution is 2.10. The second-order valence-electron chi connectivity index (χ2n) is 4.69. The van der Waals surface area contributed by atoms with Crippen molar-refractivity contribution >= 4 is 11.7 Å². The lowest BCUT2D eigenvalue weighted by atomic mass is 10.0. The molecule has 0 aromatic carbocycles. The van der Waals surface area contributed by atoms with Crippen LogP contribution in [0.1, 0.15) is 77.6 Å². The zero-order chi connectivity index (χ0) is 12.9. The highest BCUT2D eigenvalue weighted by atomic mass is 16.1. The predicted octanol–water partition coefficient (Wildman–Crippen LogP) is 3.35. The van der Waals surface area contributed by atoms with E-state index in [4.69, 9.17) is 5.73 Å². The molecule has 0 atom stereocenters. The van der Waals surface area contributed by atoms with E-state index in [-0.39, 0.29) is 5.91 Å². The summed E-state index contributed by atoms with van der Waals surface area (Å²) in [4.78, 5) is 21.5. The Hall–Kier alpha value is -0.860. The van der Waals surface area contributed by atoms with Gasteiger partial charge in [0, 0.05) is 19.3 Å². The molecule has 0 heterocycles. The molecule has 0 aliphatic rings. The molecule has 3 heteroatoms. The van der Waals surface area contributed by atoms with E-state index in [0.29, 0.717) is 18.6 Å². The Morgan fingerprint density at radius 1 is 0.765 bits per heavy atom. The van der Waals surface area contributed by atoms with E-state index in [0.717, 1.165) is 25.7 Å². The molecule has 0 bridgehead atoms. The molecule has 0 rings (SSSR count). The Labute approximate surface area is 105 Å². The largest absolute Gasteiger partial charge is 0.370 e. The van der Waals surface area contributed by atoms with Gasteiger partial charge in [-0.15, -0.1) is 0 Å². The maximum Gasteiger partial charge on any atom is 0.217 e. The fourth-order valence-electron chi connectivity index (χ4n) is 1.86. The Bertz CT molecular complexity index is 214. The summed E-state index contributed by atoms with van der Waals surface area (Å²) in [5, 5.41) is 0. The first-order valence-electron chi connectivity index (χ1n) is 6.96. The molecule has 0 saturated carbocycles. The number of ketones is 1. The molecule has 0 spiro atoms. The van der Waals surface area contributed by atoms with Crippen molar-refractivity contribution in [3.05, 3.63) is 0 Å². The lowest BCUT2D eigenvalue weighted by molar-refractivity contribution is -0.119. The van der Waals surface area contributed by atoms with Gasteiger partial charge >= 0.3 is 0 Å². The fourth-order valence-corrected chi connectivity index (χ4v) is 1.86. The van der Waals surface area contributed by atoms with Gasteiger partial charge in [0.15, 0.2) is 0 Å². The number of nitrogens with two attached hydrogens (primary N) is 1. The summed E-state index contributed by atoms with van der Waals surface area (Å²) in [6.45, 7) is 1.93. The van der Waals surface area contributed by atoms with Gasteiger partial charge in [-0.25, -0.2) is 0 Å².